The molecule has 0 spiro atoms. The number of hydrogen-bond donors (Lipinski definition) is 3. The van der Waals surface area contributed by atoms with Gasteiger partial charge in [0.25, 0.3) is 5.91 Å². The molecule has 3 aromatic rings. The first-order chi connectivity index (χ1) is 11.9. The quantitative estimate of drug-likeness (QED) is 0.570. The molecule has 1 aromatic heterocycles. The predicted molar refractivity (Wildman–Crippen MR) is 89.6 cm³/mol. The Morgan fingerprint density at radius 1 is 1.16 bits per heavy atom. The van der Waals surface area contributed by atoms with Crippen LogP contribution in [0.15, 0.2) is 40.9 Å². The zero-order valence-electron chi connectivity index (χ0n) is 12.6. The molecule has 3 rings (SSSR count). The molecule has 0 saturated carbocycles. The van der Waals surface area contributed by atoms with Crippen LogP contribution in [0.4, 0.5) is 13.2 Å². The van der Waals surface area contributed by atoms with E-state index in [1.54, 1.807) is 18.2 Å². The molecular formula is C17H12BrF3N2O2. The summed E-state index contributed by atoms with van der Waals surface area (Å²) in [6.07, 6.45) is 0. The first-order valence-electron chi connectivity index (χ1n) is 7.23. The second-order valence-corrected chi connectivity index (χ2v) is 6.34. The van der Waals surface area contributed by atoms with Crippen LogP contribution >= 0.6 is 15.9 Å². The lowest BCUT2D eigenvalue weighted by atomic mass is 10.1. The van der Waals surface area contributed by atoms with Crippen molar-refractivity contribution >= 4 is 32.7 Å². The lowest BCUT2D eigenvalue weighted by Crippen LogP contribution is -2.31. The van der Waals surface area contributed by atoms with E-state index >= 15 is 0 Å². The SMILES string of the molecule is O=C(N[C@@H](CO)c1cc(F)c(F)c(F)c1)c1cc2cc(Br)ccc2[nH]1. The van der Waals surface area contributed by atoms with Crippen molar-refractivity contribution in [1.82, 2.24) is 10.3 Å². The number of aliphatic hydroxyl groups is 1. The Kier molecular flexibility index (Phi) is 4.82. The fourth-order valence-corrected chi connectivity index (χ4v) is 2.85. The van der Waals surface area contributed by atoms with Gasteiger partial charge < -0.3 is 15.4 Å². The number of hydrogen-bond acceptors (Lipinski definition) is 2. The maximum Gasteiger partial charge on any atom is 0.268 e. The number of carbonyl (C=O) groups excluding carboxylic acids is 1. The number of fused-ring (bicyclic) bond motifs is 1. The van der Waals surface area contributed by atoms with Gasteiger partial charge in [-0.05, 0) is 42.0 Å². The molecule has 0 radical (unpaired) electrons. The van der Waals surface area contributed by atoms with Gasteiger partial charge in [-0.25, -0.2) is 13.2 Å². The van der Waals surface area contributed by atoms with Gasteiger partial charge in [0.2, 0.25) is 0 Å². The summed E-state index contributed by atoms with van der Waals surface area (Å²) < 4.78 is 40.6. The van der Waals surface area contributed by atoms with Crippen molar-refractivity contribution in [3.63, 3.8) is 0 Å². The summed E-state index contributed by atoms with van der Waals surface area (Å²) in [7, 11) is 0. The third-order valence-corrected chi connectivity index (χ3v) is 4.22. The average Bonchev–Trinajstić information content (AvgIpc) is 3.00. The molecule has 0 aliphatic carbocycles. The van der Waals surface area contributed by atoms with E-state index in [9.17, 15) is 23.1 Å². The molecule has 0 unspecified atom stereocenters. The van der Waals surface area contributed by atoms with E-state index in [0.29, 0.717) is 0 Å². The van der Waals surface area contributed by atoms with Gasteiger partial charge in [0.15, 0.2) is 17.5 Å². The molecule has 2 aromatic carbocycles. The molecule has 0 aliphatic rings. The smallest absolute Gasteiger partial charge is 0.268 e. The zero-order valence-corrected chi connectivity index (χ0v) is 14.2. The van der Waals surface area contributed by atoms with Gasteiger partial charge >= 0.3 is 0 Å². The van der Waals surface area contributed by atoms with Gasteiger partial charge in [0.1, 0.15) is 5.69 Å². The standard InChI is InChI=1S/C17H12BrF3N2O2/c18-10-1-2-13-8(3-10)6-14(22-13)17(25)23-15(7-24)9-4-11(19)16(21)12(20)5-9/h1-6,15,22,24H,7H2,(H,23,25)/t15-/m0/s1. The Morgan fingerprint density at radius 2 is 1.84 bits per heavy atom. The van der Waals surface area contributed by atoms with Crippen LogP contribution in [0.5, 0.6) is 0 Å². The van der Waals surface area contributed by atoms with Crippen molar-refractivity contribution in [2.24, 2.45) is 0 Å². The fraction of sp³-hybridized carbons (Fsp3) is 0.118. The van der Waals surface area contributed by atoms with Crippen LogP contribution in [-0.4, -0.2) is 22.6 Å². The summed E-state index contributed by atoms with van der Waals surface area (Å²) in [5, 5.41) is 12.7. The average molecular weight is 413 g/mol. The Labute approximate surface area is 148 Å². The molecule has 0 aliphatic heterocycles. The monoisotopic (exact) mass is 412 g/mol. The van der Waals surface area contributed by atoms with Crippen molar-refractivity contribution in [3.8, 4) is 0 Å². The Hall–Kier alpha value is -2.32. The minimum Gasteiger partial charge on any atom is -0.394 e. The van der Waals surface area contributed by atoms with E-state index in [1.807, 2.05) is 6.07 Å². The van der Waals surface area contributed by atoms with Crippen LogP contribution in [-0.2, 0) is 0 Å². The fourth-order valence-electron chi connectivity index (χ4n) is 2.47. The predicted octanol–water partition coefficient (Wildman–Crippen LogP) is 3.81. The molecule has 0 fully saturated rings. The lowest BCUT2D eigenvalue weighted by Gasteiger charge is -2.16. The lowest BCUT2D eigenvalue weighted by molar-refractivity contribution is 0.0911. The van der Waals surface area contributed by atoms with Crippen LogP contribution < -0.4 is 5.32 Å². The number of aromatic nitrogens is 1. The molecule has 0 bridgehead atoms. The van der Waals surface area contributed by atoms with Crippen LogP contribution in [0.3, 0.4) is 0 Å². The van der Waals surface area contributed by atoms with Crippen molar-refractivity contribution in [3.05, 3.63) is 69.6 Å². The van der Waals surface area contributed by atoms with Crippen LogP contribution in [0.1, 0.15) is 22.1 Å². The molecule has 130 valence electrons. The number of carbonyl (C=O) groups is 1. The first-order valence-corrected chi connectivity index (χ1v) is 8.02. The van der Waals surface area contributed by atoms with Crippen molar-refractivity contribution in [2.45, 2.75) is 6.04 Å². The summed E-state index contributed by atoms with van der Waals surface area (Å²) in [6.45, 7) is -0.609. The first kappa shape index (κ1) is 17.5. The highest BCUT2D eigenvalue weighted by Gasteiger charge is 2.20. The molecule has 1 heterocycles. The Morgan fingerprint density at radius 3 is 2.48 bits per heavy atom. The summed E-state index contributed by atoms with van der Waals surface area (Å²) in [6, 6.07) is 7.40. The van der Waals surface area contributed by atoms with Crippen molar-refractivity contribution in [2.75, 3.05) is 6.61 Å². The number of halogens is 4. The molecule has 8 heteroatoms. The molecule has 1 atom stereocenters. The maximum atomic E-state index is 13.4. The largest absolute Gasteiger partial charge is 0.394 e. The molecule has 0 saturated heterocycles. The molecule has 1 amide bonds. The van der Waals surface area contributed by atoms with Crippen LogP contribution in [0.25, 0.3) is 10.9 Å². The third-order valence-electron chi connectivity index (χ3n) is 3.72. The number of nitrogens with one attached hydrogen (secondary N) is 2. The van der Waals surface area contributed by atoms with E-state index in [2.05, 4.69) is 26.2 Å². The summed E-state index contributed by atoms with van der Waals surface area (Å²) >= 11 is 3.33. The van der Waals surface area contributed by atoms with Gasteiger partial charge in [-0.2, -0.15) is 0 Å². The molecular weight excluding hydrogens is 401 g/mol. The van der Waals surface area contributed by atoms with Crippen molar-refractivity contribution in [1.29, 1.82) is 0 Å². The van der Waals surface area contributed by atoms with E-state index in [-0.39, 0.29) is 11.3 Å². The second-order valence-electron chi connectivity index (χ2n) is 5.42. The molecule has 4 nitrogen and oxygen atoms in total. The normalized spacial score (nSPS) is 12.4. The number of rotatable bonds is 4. The number of aliphatic hydroxyl groups excluding tert-OH is 1. The van der Waals surface area contributed by atoms with E-state index in [0.717, 1.165) is 27.5 Å². The highest BCUT2D eigenvalue weighted by atomic mass is 79.9. The topological polar surface area (TPSA) is 65.1 Å². The van der Waals surface area contributed by atoms with Crippen LogP contribution in [0, 0.1) is 17.5 Å². The highest BCUT2D eigenvalue weighted by Crippen LogP contribution is 2.22. The Bertz CT molecular complexity index is 935. The Balaban J connectivity index is 1.86. The van der Waals surface area contributed by atoms with E-state index < -0.39 is 36.0 Å². The van der Waals surface area contributed by atoms with Crippen molar-refractivity contribution < 1.29 is 23.1 Å². The van der Waals surface area contributed by atoms with E-state index in [4.69, 9.17) is 0 Å². The second kappa shape index (κ2) is 6.89. The summed E-state index contributed by atoms with van der Waals surface area (Å²) in [4.78, 5) is 15.3. The summed E-state index contributed by atoms with van der Waals surface area (Å²) in [5.74, 6) is -4.96. The molecule has 25 heavy (non-hydrogen) atoms. The van der Waals surface area contributed by atoms with E-state index in [1.165, 1.54) is 0 Å². The summed E-state index contributed by atoms with van der Waals surface area (Å²) in [5.41, 5.74) is 0.869. The number of aromatic amines is 1. The van der Waals surface area contributed by atoms with Gasteiger partial charge in [-0.1, -0.05) is 15.9 Å². The number of H-pyrrole nitrogens is 1. The van der Waals surface area contributed by atoms with Gasteiger partial charge in [0, 0.05) is 15.4 Å². The van der Waals surface area contributed by atoms with Gasteiger partial charge in [-0.3, -0.25) is 4.79 Å². The third kappa shape index (κ3) is 3.54. The highest BCUT2D eigenvalue weighted by molar-refractivity contribution is 9.10. The minimum atomic E-state index is -1.60. The minimum absolute atomic E-state index is 0.0777. The zero-order chi connectivity index (χ0) is 18.1. The number of amides is 1. The van der Waals surface area contributed by atoms with Gasteiger partial charge in [0.05, 0.1) is 12.6 Å². The molecule has 3 N–H and O–H groups in total. The van der Waals surface area contributed by atoms with Crippen LogP contribution in [0.2, 0.25) is 0 Å². The van der Waals surface area contributed by atoms with Gasteiger partial charge in [-0.15, -0.1) is 0 Å². The maximum absolute atomic E-state index is 13.4. The number of benzene rings is 2.